The molecule has 2 rings (SSSR count). The van der Waals surface area contributed by atoms with Crippen LogP contribution in [0.15, 0.2) is 30.4 Å². The first-order valence-electron chi connectivity index (χ1n) is 7.45. The number of nitrogens with one attached hydrogen (secondary N) is 1. The van der Waals surface area contributed by atoms with Gasteiger partial charge in [-0.1, -0.05) is 12.2 Å². The Balaban J connectivity index is 1.95. The number of rotatable bonds is 6. The topological polar surface area (TPSA) is 67.6 Å². The van der Waals surface area contributed by atoms with Crippen molar-refractivity contribution in [2.75, 3.05) is 32.1 Å². The smallest absolute Gasteiger partial charge is 0.311 e. The summed E-state index contributed by atoms with van der Waals surface area (Å²) in [7, 11) is 1.45. The Bertz CT molecular complexity index is 552. The van der Waals surface area contributed by atoms with Crippen LogP contribution in [0.5, 0.6) is 5.75 Å². The van der Waals surface area contributed by atoms with Crippen molar-refractivity contribution < 1.29 is 9.66 Å². The molecular weight excluding hydrogens is 282 g/mol. The van der Waals surface area contributed by atoms with Gasteiger partial charge in [-0.05, 0) is 25.8 Å². The van der Waals surface area contributed by atoms with E-state index in [1.54, 1.807) is 12.1 Å². The highest BCUT2D eigenvalue weighted by molar-refractivity contribution is 5.58. The van der Waals surface area contributed by atoms with Crippen LogP contribution in [0.1, 0.15) is 19.8 Å². The summed E-state index contributed by atoms with van der Waals surface area (Å²) >= 11 is 0. The van der Waals surface area contributed by atoms with Crippen LogP contribution in [-0.2, 0) is 0 Å². The van der Waals surface area contributed by atoms with Crippen LogP contribution in [0.25, 0.3) is 0 Å². The molecule has 1 N–H and O–H groups in total. The first-order valence-corrected chi connectivity index (χ1v) is 7.45. The molecule has 0 radical (unpaired) electrons. The van der Waals surface area contributed by atoms with Crippen LogP contribution < -0.4 is 10.1 Å². The molecule has 22 heavy (non-hydrogen) atoms. The lowest BCUT2D eigenvalue weighted by Crippen LogP contribution is -2.39. The summed E-state index contributed by atoms with van der Waals surface area (Å²) in [4.78, 5) is 12.9. The number of anilines is 1. The third-order valence-electron chi connectivity index (χ3n) is 3.83. The number of piperidine rings is 1. The Morgan fingerprint density at radius 1 is 1.50 bits per heavy atom. The minimum atomic E-state index is -0.432. The zero-order valence-corrected chi connectivity index (χ0v) is 13.2. The normalized spacial score (nSPS) is 16.3. The summed E-state index contributed by atoms with van der Waals surface area (Å²) in [5.41, 5.74) is 2.04. The van der Waals surface area contributed by atoms with Gasteiger partial charge in [-0.3, -0.25) is 15.0 Å². The van der Waals surface area contributed by atoms with Crippen molar-refractivity contribution >= 4 is 11.4 Å². The monoisotopic (exact) mass is 305 g/mol. The summed E-state index contributed by atoms with van der Waals surface area (Å²) in [5.74, 6) is 0.287. The lowest BCUT2D eigenvalue weighted by atomic mass is 10.0. The van der Waals surface area contributed by atoms with E-state index in [-0.39, 0.29) is 11.4 Å². The van der Waals surface area contributed by atoms with E-state index in [0.29, 0.717) is 6.04 Å². The van der Waals surface area contributed by atoms with Crippen molar-refractivity contribution in [3.63, 3.8) is 0 Å². The Kier molecular flexibility index (Phi) is 5.38. The van der Waals surface area contributed by atoms with Gasteiger partial charge in [0.05, 0.1) is 12.0 Å². The van der Waals surface area contributed by atoms with Gasteiger partial charge >= 0.3 is 5.69 Å². The van der Waals surface area contributed by atoms with Crippen LogP contribution in [0.3, 0.4) is 0 Å². The fourth-order valence-electron chi connectivity index (χ4n) is 2.77. The summed E-state index contributed by atoms with van der Waals surface area (Å²) < 4.78 is 5.10. The average Bonchev–Trinajstić information content (AvgIpc) is 2.48. The Morgan fingerprint density at radius 3 is 2.73 bits per heavy atom. The number of likely N-dealkylation sites (tertiary alicyclic amines) is 1. The van der Waals surface area contributed by atoms with Crippen molar-refractivity contribution in [2.45, 2.75) is 25.8 Å². The Morgan fingerprint density at radius 2 is 2.18 bits per heavy atom. The molecule has 0 unspecified atom stereocenters. The Hall–Kier alpha value is -2.08. The quantitative estimate of drug-likeness (QED) is 0.497. The molecule has 1 heterocycles. The fourth-order valence-corrected chi connectivity index (χ4v) is 2.77. The lowest BCUT2D eigenvalue weighted by Gasteiger charge is -2.33. The molecule has 0 amide bonds. The van der Waals surface area contributed by atoms with E-state index in [9.17, 15) is 10.1 Å². The van der Waals surface area contributed by atoms with Gasteiger partial charge in [-0.15, -0.1) is 0 Å². The first kappa shape index (κ1) is 16.3. The molecule has 1 saturated heterocycles. The highest BCUT2D eigenvalue weighted by atomic mass is 16.6. The molecule has 0 aliphatic carbocycles. The van der Waals surface area contributed by atoms with Crippen LogP contribution in [0.4, 0.5) is 11.4 Å². The van der Waals surface area contributed by atoms with Crippen molar-refractivity contribution in [1.29, 1.82) is 0 Å². The minimum absolute atomic E-state index is 0.00988. The molecule has 0 aromatic heterocycles. The molecule has 6 nitrogen and oxygen atoms in total. The average molecular weight is 305 g/mol. The SMILES string of the molecule is C=C(C)CN1CCC(Nc2ccc([N+](=O)[O-])c(OC)c2)CC1. The predicted molar refractivity (Wildman–Crippen MR) is 87.5 cm³/mol. The van der Waals surface area contributed by atoms with Gasteiger partial charge in [0.15, 0.2) is 5.75 Å². The van der Waals surface area contributed by atoms with Gasteiger partial charge in [0, 0.05) is 43.5 Å². The number of benzene rings is 1. The van der Waals surface area contributed by atoms with Crippen LogP contribution in [-0.4, -0.2) is 42.6 Å². The van der Waals surface area contributed by atoms with Crippen molar-refractivity contribution in [2.24, 2.45) is 0 Å². The second kappa shape index (κ2) is 7.26. The number of hydrogen-bond donors (Lipinski definition) is 1. The number of methoxy groups -OCH3 is 1. The Labute approximate surface area is 130 Å². The van der Waals surface area contributed by atoms with E-state index in [2.05, 4.69) is 16.8 Å². The van der Waals surface area contributed by atoms with Crippen LogP contribution >= 0.6 is 0 Å². The highest BCUT2D eigenvalue weighted by Crippen LogP contribution is 2.30. The summed E-state index contributed by atoms with van der Waals surface area (Å²) in [5, 5.41) is 14.3. The van der Waals surface area contributed by atoms with Crippen LogP contribution in [0.2, 0.25) is 0 Å². The standard InChI is InChI=1S/C16H23N3O3/c1-12(2)11-18-8-6-13(7-9-18)17-14-4-5-15(19(20)21)16(10-14)22-3/h4-5,10,13,17H,1,6-9,11H2,2-3H3. The maximum Gasteiger partial charge on any atom is 0.311 e. The maximum atomic E-state index is 10.9. The molecule has 6 heteroatoms. The van der Waals surface area contributed by atoms with E-state index in [4.69, 9.17) is 4.74 Å². The third kappa shape index (κ3) is 4.21. The zero-order valence-electron chi connectivity index (χ0n) is 13.2. The molecule has 1 fully saturated rings. The molecule has 0 spiro atoms. The van der Waals surface area contributed by atoms with Gasteiger partial charge in [-0.25, -0.2) is 0 Å². The molecule has 0 bridgehead atoms. The molecule has 0 atom stereocenters. The van der Waals surface area contributed by atoms with Crippen molar-refractivity contribution in [3.8, 4) is 5.75 Å². The molecule has 1 aromatic rings. The molecule has 1 aliphatic rings. The van der Waals surface area contributed by atoms with E-state index >= 15 is 0 Å². The maximum absolute atomic E-state index is 10.9. The minimum Gasteiger partial charge on any atom is -0.490 e. The van der Waals surface area contributed by atoms with Gasteiger partial charge in [0.1, 0.15) is 0 Å². The van der Waals surface area contributed by atoms with E-state index in [1.165, 1.54) is 18.7 Å². The number of nitrogens with zero attached hydrogens (tertiary/aromatic N) is 2. The number of nitro groups is 1. The fraction of sp³-hybridized carbons (Fsp3) is 0.500. The molecule has 120 valence electrons. The largest absolute Gasteiger partial charge is 0.490 e. The van der Waals surface area contributed by atoms with Gasteiger partial charge in [0.2, 0.25) is 0 Å². The number of nitro benzene ring substituents is 1. The summed E-state index contributed by atoms with van der Waals surface area (Å²) in [6.45, 7) is 9.03. The number of hydrogen-bond acceptors (Lipinski definition) is 5. The molecular formula is C16H23N3O3. The van der Waals surface area contributed by atoms with Crippen molar-refractivity contribution in [3.05, 3.63) is 40.5 Å². The number of ether oxygens (including phenoxy) is 1. The summed E-state index contributed by atoms with van der Waals surface area (Å²) in [6.07, 6.45) is 2.10. The third-order valence-corrected chi connectivity index (χ3v) is 3.83. The van der Waals surface area contributed by atoms with Gasteiger partial charge in [-0.2, -0.15) is 0 Å². The zero-order chi connectivity index (χ0) is 16.1. The van der Waals surface area contributed by atoms with Crippen molar-refractivity contribution in [1.82, 2.24) is 4.90 Å². The van der Waals surface area contributed by atoms with E-state index in [1.807, 2.05) is 6.92 Å². The first-order chi connectivity index (χ1) is 10.5. The highest BCUT2D eigenvalue weighted by Gasteiger charge is 2.20. The molecule has 1 aromatic carbocycles. The lowest BCUT2D eigenvalue weighted by molar-refractivity contribution is -0.385. The second-order valence-corrected chi connectivity index (χ2v) is 5.80. The predicted octanol–water partition coefficient (Wildman–Crippen LogP) is 3.06. The summed E-state index contributed by atoms with van der Waals surface area (Å²) in [6, 6.07) is 5.30. The van der Waals surface area contributed by atoms with Gasteiger partial charge in [0.25, 0.3) is 0 Å². The van der Waals surface area contributed by atoms with Crippen LogP contribution in [0, 0.1) is 10.1 Å². The second-order valence-electron chi connectivity index (χ2n) is 5.80. The van der Waals surface area contributed by atoms with E-state index in [0.717, 1.165) is 38.2 Å². The molecule has 0 saturated carbocycles. The molecule has 1 aliphatic heterocycles. The van der Waals surface area contributed by atoms with E-state index < -0.39 is 4.92 Å². The van der Waals surface area contributed by atoms with Gasteiger partial charge < -0.3 is 10.1 Å².